The Labute approximate surface area is 163 Å². The molecule has 0 spiro atoms. The number of ether oxygens (including phenoxy) is 1. The molecule has 0 unspecified atom stereocenters. The van der Waals surface area contributed by atoms with Crippen LogP contribution in [0.15, 0.2) is 53.6 Å². The molecule has 2 amide bonds. The van der Waals surface area contributed by atoms with Crippen molar-refractivity contribution in [3.8, 4) is 0 Å². The van der Waals surface area contributed by atoms with Gasteiger partial charge >= 0.3 is 5.97 Å². The third kappa shape index (κ3) is 4.62. The van der Waals surface area contributed by atoms with E-state index in [1.165, 1.54) is 5.01 Å². The molecule has 0 bridgehead atoms. The van der Waals surface area contributed by atoms with E-state index in [4.69, 9.17) is 4.74 Å². The number of rotatable bonds is 5. The average Bonchev–Trinajstić information content (AvgIpc) is 2.70. The van der Waals surface area contributed by atoms with E-state index in [1.807, 2.05) is 38.1 Å². The minimum absolute atomic E-state index is 0.114. The molecular weight excluding hydrogens is 358 g/mol. The number of hydrazone groups is 1. The maximum atomic E-state index is 12.3. The van der Waals surface area contributed by atoms with Gasteiger partial charge in [-0.3, -0.25) is 9.59 Å². The Hall–Kier alpha value is -3.48. The van der Waals surface area contributed by atoms with Gasteiger partial charge in [-0.05, 0) is 43.2 Å². The van der Waals surface area contributed by atoms with Crippen LogP contribution in [-0.2, 0) is 19.1 Å². The lowest BCUT2D eigenvalue weighted by Crippen LogP contribution is -2.35. The largest absolute Gasteiger partial charge is 0.451 e. The molecule has 144 valence electrons. The first-order valence-electron chi connectivity index (χ1n) is 8.94. The number of carbonyl (C=O) groups is 3. The molecule has 1 aliphatic heterocycles. The van der Waals surface area contributed by atoms with Crippen LogP contribution >= 0.6 is 0 Å². The molecule has 28 heavy (non-hydrogen) atoms. The second-order valence-electron chi connectivity index (χ2n) is 6.53. The highest BCUT2D eigenvalue weighted by Crippen LogP contribution is 2.20. The summed E-state index contributed by atoms with van der Waals surface area (Å²) in [6.45, 7) is 3.38. The molecule has 7 heteroatoms. The Morgan fingerprint density at radius 3 is 2.61 bits per heavy atom. The van der Waals surface area contributed by atoms with E-state index >= 15 is 0 Å². The molecule has 0 saturated carbocycles. The molecule has 2 aromatic carbocycles. The number of amides is 2. The smallest absolute Gasteiger partial charge is 0.355 e. The molecule has 7 nitrogen and oxygen atoms in total. The van der Waals surface area contributed by atoms with Crippen LogP contribution in [0.5, 0.6) is 0 Å². The lowest BCUT2D eigenvalue weighted by molar-refractivity contribution is -0.140. The van der Waals surface area contributed by atoms with Crippen molar-refractivity contribution in [3.63, 3.8) is 0 Å². The van der Waals surface area contributed by atoms with E-state index in [2.05, 4.69) is 10.4 Å². The molecule has 0 saturated heterocycles. The molecule has 0 fully saturated rings. The second-order valence-corrected chi connectivity index (χ2v) is 6.53. The number of benzene rings is 2. The summed E-state index contributed by atoms with van der Waals surface area (Å²) in [5, 5.41) is 8.04. The van der Waals surface area contributed by atoms with Gasteiger partial charge in [0.15, 0.2) is 6.61 Å². The van der Waals surface area contributed by atoms with Gasteiger partial charge in [-0.25, -0.2) is 9.80 Å². The molecule has 1 N–H and O–H groups in total. The lowest BCUT2D eigenvalue weighted by Gasteiger charge is -2.22. The normalized spacial score (nSPS) is 13.7. The average molecular weight is 379 g/mol. The first-order valence-corrected chi connectivity index (χ1v) is 8.94. The van der Waals surface area contributed by atoms with Crippen LogP contribution in [0.4, 0.5) is 11.4 Å². The van der Waals surface area contributed by atoms with Gasteiger partial charge in [0.1, 0.15) is 5.71 Å². The predicted octanol–water partition coefficient (Wildman–Crippen LogP) is 2.97. The molecule has 0 aromatic heterocycles. The second kappa shape index (κ2) is 8.47. The molecule has 1 aliphatic rings. The molecule has 0 aliphatic carbocycles. The third-order valence-electron chi connectivity index (χ3n) is 4.27. The van der Waals surface area contributed by atoms with Crippen molar-refractivity contribution in [1.29, 1.82) is 0 Å². The Morgan fingerprint density at radius 1 is 1.11 bits per heavy atom. The molecule has 1 heterocycles. The first kappa shape index (κ1) is 19.3. The van der Waals surface area contributed by atoms with Crippen molar-refractivity contribution < 1.29 is 19.1 Å². The fourth-order valence-electron chi connectivity index (χ4n) is 2.74. The minimum atomic E-state index is -0.704. The summed E-state index contributed by atoms with van der Waals surface area (Å²) in [5.41, 5.74) is 3.30. The highest BCUT2D eigenvalue weighted by atomic mass is 16.5. The Morgan fingerprint density at radius 2 is 1.86 bits per heavy atom. The van der Waals surface area contributed by atoms with E-state index in [0.717, 1.165) is 11.1 Å². The summed E-state index contributed by atoms with van der Waals surface area (Å²) < 4.78 is 5.09. The number of carbonyl (C=O) groups excluding carboxylic acids is 3. The van der Waals surface area contributed by atoms with Gasteiger partial charge in [0, 0.05) is 18.5 Å². The van der Waals surface area contributed by atoms with Crippen LogP contribution < -0.4 is 10.3 Å². The van der Waals surface area contributed by atoms with E-state index in [0.29, 0.717) is 11.4 Å². The standard InChI is InChI=1S/C21H21N3O4/c1-14-8-9-15(2)18(12-14)22-19(25)13-28-21(27)17-10-11-20(26)24(23-17)16-6-4-3-5-7-16/h3-9,12H,10-11,13H2,1-2H3,(H,22,25). The Bertz CT molecular complexity index is 938. The predicted molar refractivity (Wildman–Crippen MR) is 106 cm³/mol. The zero-order chi connectivity index (χ0) is 20.1. The van der Waals surface area contributed by atoms with Crippen molar-refractivity contribution >= 4 is 34.9 Å². The molecule has 0 atom stereocenters. The zero-order valence-electron chi connectivity index (χ0n) is 15.8. The number of hydrogen-bond acceptors (Lipinski definition) is 5. The number of aryl methyl sites for hydroxylation is 2. The Balaban J connectivity index is 1.62. The highest BCUT2D eigenvalue weighted by molar-refractivity contribution is 6.38. The van der Waals surface area contributed by atoms with Crippen LogP contribution in [0.25, 0.3) is 0 Å². The van der Waals surface area contributed by atoms with Crippen molar-refractivity contribution in [2.75, 3.05) is 16.9 Å². The van der Waals surface area contributed by atoms with E-state index in [-0.39, 0.29) is 24.5 Å². The van der Waals surface area contributed by atoms with Crippen LogP contribution in [0.1, 0.15) is 24.0 Å². The van der Waals surface area contributed by atoms with Crippen LogP contribution in [0.3, 0.4) is 0 Å². The lowest BCUT2D eigenvalue weighted by atomic mass is 10.1. The van der Waals surface area contributed by atoms with Crippen LogP contribution in [-0.4, -0.2) is 30.1 Å². The van der Waals surface area contributed by atoms with Crippen molar-refractivity contribution in [1.82, 2.24) is 0 Å². The summed E-state index contributed by atoms with van der Waals surface area (Å²) in [4.78, 5) is 36.5. The van der Waals surface area contributed by atoms with Gasteiger partial charge in [0.2, 0.25) is 5.91 Å². The fourth-order valence-corrected chi connectivity index (χ4v) is 2.74. The summed E-state index contributed by atoms with van der Waals surface area (Å²) >= 11 is 0. The van der Waals surface area contributed by atoms with Gasteiger partial charge in [-0.1, -0.05) is 30.3 Å². The number of para-hydroxylation sites is 1. The van der Waals surface area contributed by atoms with Gasteiger partial charge < -0.3 is 10.1 Å². The number of esters is 1. The SMILES string of the molecule is Cc1ccc(C)c(NC(=O)COC(=O)C2=NN(c3ccccc3)C(=O)CC2)c1. The molecule has 3 rings (SSSR count). The number of hydrogen-bond donors (Lipinski definition) is 1. The van der Waals surface area contributed by atoms with E-state index < -0.39 is 18.5 Å². The maximum absolute atomic E-state index is 12.3. The molecular formula is C21H21N3O4. The van der Waals surface area contributed by atoms with Gasteiger partial charge in [-0.15, -0.1) is 0 Å². The topological polar surface area (TPSA) is 88.1 Å². The maximum Gasteiger partial charge on any atom is 0.355 e. The number of nitrogens with one attached hydrogen (secondary N) is 1. The monoisotopic (exact) mass is 379 g/mol. The summed E-state index contributed by atoms with van der Waals surface area (Å²) in [7, 11) is 0. The van der Waals surface area contributed by atoms with Gasteiger partial charge in [0.25, 0.3) is 5.91 Å². The number of anilines is 2. The zero-order valence-corrected chi connectivity index (χ0v) is 15.8. The number of nitrogens with zero attached hydrogens (tertiary/aromatic N) is 2. The molecule has 0 radical (unpaired) electrons. The summed E-state index contributed by atoms with van der Waals surface area (Å²) in [6, 6.07) is 14.6. The molecule has 2 aromatic rings. The fraction of sp³-hybridized carbons (Fsp3) is 0.238. The third-order valence-corrected chi connectivity index (χ3v) is 4.27. The Kier molecular flexibility index (Phi) is 5.84. The van der Waals surface area contributed by atoms with Crippen molar-refractivity contribution in [3.05, 3.63) is 59.7 Å². The summed E-state index contributed by atoms with van der Waals surface area (Å²) in [6.07, 6.45) is 0.330. The van der Waals surface area contributed by atoms with Crippen molar-refractivity contribution in [2.45, 2.75) is 26.7 Å². The minimum Gasteiger partial charge on any atom is -0.451 e. The van der Waals surface area contributed by atoms with E-state index in [1.54, 1.807) is 24.3 Å². The summed E-state index contributed by atoms with van der Waals surface area (Å²) in [5.74, 6) is -1.34. The van der Waals surface area contributed by atoms with E-state index in [9.17, 15) is 14.4 Å². The quantitative estimate of drug-likeness (QED) is 0.809. The van der Waals surface area contributed by atoms with Gasteiger partial charge in [0.05, 0.1) is 5.69 Å². The first-order chi connectivity index (χ1) is 13.4. The van der Waals surface area contributed by atoms with Crippen LogP contribution in [0, 0.1) is 13.8 Å². The van der Waals surface area contributed by atoms with Crippen molar-refractivity contribution in [2.24, 2.45) is 5.10 Å². The van der Waals surface area contributed by atoms with Crippen LogP contribution in [0.2, 0.25) is 0 Å². The van der Waals surface area contributed by atoms with Gasteiger partial charge in [-0.2, -0.15) is 5.10 Å². The highest BCUT2D eigenvalue weighted by Gasteiger charge is 2.26.